The van der Waals surface area contributed by atoms with Gasteiger partial charge in [-0.3, -0.25) is 9.59 Å². The molecule has 4 heteroatoms. The first kappa shape index (κ1) is 11.6. The van der Waals surface area contributed by atoms with Gasteiger partial charge in [0, 0.05) is 12.7 Å². The van der Waals surface area contributed by atoms with Gasteiger partial charge in [-0.25, -0.2) is 0 Å². The standard InChI is InChI=1S/C13H16N2O2/c1-9-4-10(2)6-11(5-9)15-8-12(16)14(3)7-13(15)17/h4-6H,7-8H2,1-3H3. The summed E-state index contributed by atoms with van der Waals surface area (Å²) in [6.45, 7) is 4.27. The van der Waals surface area contributed by atoms with E-state index in [1.165, 1.54) is 4.90 Å². The average Bonchev–Trinajstić information content (AvgIpc) is 2.22. The normalized spacial score (nSPS) is 16.6. The van der Waals surface area contributed by atoms with Crippen LogP contribution in [0.15, 0.2) is 18.2 Å². The summed E-state index contributed by atoms with van der Waals surface area (Å²) in [5, 5.41) is 0. The van der Waals surface area contributed by atoms with Gasteiger partial charge in [-0.15, -0.1) is 0 Å². The summed E-state index contributed by atoms with van der Waals surface area (Å²) in [5.74, 6) is -0.0548. The number of hydrogen-bond acceptors (Lipinski definition) is 2. The number of nitrogens with zero attached hydrogens (tertiary/aromatic N) is 2. The fraction of sp³-hybridized carbons (Fsp3) is 0.385. The van der Waals surface area contributed by atoms with Crippen LogP contribution in [-0.4, -0.2) is 36.9 Å². The van der Waals surface area contributed by atoms with Crippen molar-refractivity contribution in [2.24, 2.45) is 0 Å². The van der Waals surface area contributed by atoms with Crippen LogP contribution < -0.4 is 4.90 Å². The molecule has 0 unspecified atom stereocenters. The number of hydrogen-bond donors (Lipinski definition) is 0. The summed E-state index contributed by atoms with van der Waals surface area (Å²) < 4.78 is 0. The van der Waals surface area contributed by atoms with Gasteiger partial charge in [0.1, 0.15) is 6.54 Å². The maximum Gasteiger partial charge on any atom is 0.247 e. The van der Waals surface area contributed by atoms with Crippen LogP contribution in [0.5, 0.6) is 0 Å². The van der Waals surface area contributed by atoms with Gasteiger partial charge in [-0.2, -0.15) is 0 Å². The van der Waals surface area contributed by atoms with E-state index < -0.39 is 0 Å². The zero-order valence-electron chi connectivity index (χ0n) is 10.4. The lowest BCUT2D eigenvalue weighted by atomic mass is 10.1. The highest BCUT2D eigenvalue weighted by atomic mass is 16.2. The molecule has 1 heterocycles. The third-order valence-corrected chi connectivity index (χ3v) is 2.91. The number of amides is 2. The summed E-state index contributed by atoms with van der Waals surface area (Å²) in [6.07, 6.45) is 0. The van der Waals surface area contributed by atoms with Crippen molar-refractivity contribution in [1.82, 2.24) is 4.90 Å². The van der Waals surface area contributed by atoms with E-state index in [0.717, 1.165) is 16.8 Å². The first-order valence-electron chi connectivity index (χ1n) is 5.60. The molecule has 1 aliphatic heterocycles. The fourth-order valence-electron chi connectivity index (χ4n) is 2.06. The van der Waals surface area contributed by atoms with Crippen molar-refractivity contribution in [3.63, 3.8) is 0 Å². The molecular formula is C13H16N2O2. The fourth-order valence-corrected chi connectivity index (χ4v) is 2.06. The molecule has 4 nitrogen and oxygen atoms in total. The van der Waals surface area contributed by atoms with Crippen molar-refractivity contribution in [2.75, 3.05) is 25.0 Å². The second kappa shape index (κ2) is 4.20. The van der Waals surface area contributed by atoms with Crippen LogP contribution in [-0.2, 0) is 9.59 Å². The van der Waals surface area contributed by atoms with Crippen LogP contribution >= 0.6 is 0 Å². The Morgan fingerprint density at radius 2 is 1.53 bits per heavy atom. The van der Waals surface area contributed by atoms with Crippen LogP contribution in [0.25, 0.3) is 0 Å². The van der Waals surface area contributed by atoms with Crippen LogP contribution in [0.2, 0.25) is 0 Å². The minimum Gasteiger partial charge on any atom is -0.335 e. The molecular weight excluding hydrogens is 216 g/mol. The summed E-state index contributed by atoms with van der Waals surface area (Å²) in [4.78, 5) is 26.5. The number of piperazine rings is 1. The molecule has 1 fully saturated rings. The zero-order valence-corrected chi connectivity index (χ0v) is 10.4. The topological polar surface area (TPSA) is 40.6 Å². The van der Waals surface area contributed by atoms with Crippen molar-refractivity contribution < 1.29 is 9.59 Å². The van der Waals surface area contributed by atoms with Crippen molar-refractivity contribution in [1.29, 1.82) is 0 Å². The number of aryl methyl sites for hydroxylation is 2. The van der Waals surface area contributed by atoms with E-state index >= 15 is 0 Å². The molecule has 0 aromatic heterocycles. The van der Waals surface area contributed by atoms with Gasteiger partial charge in [0.2, 0.25) is 11.8 Å². The third-order valence-electron chi connectivity index (χ3n) is 2.91. The largest absolute Gasteiger partial charge is 0.335 e. The highest BCUT2D eigenvalue weighted by Gasteiger charge is 2.28. The Kier molecular flexibility index (Phi) is 2.88. The molecule has 90 valence electrons. The van der Waals surface area contributed by atoms with E-state index in [0.29, 0.717) is 0 Å². The molecule has 1 aromatic carbocycles. The lowest BCUT2D eigenvalue weighted by Crippen LogP contribution is -2.52. The van der Waals surface area contributed by atoms with Gasteiger partial charge in [0.25, 0.3) is 0 Å². The van der Waals surface area contributed by atoms with Crippen molar-refractivity contribution >= 4 is 17.5 Å². The molecule has 1 saturated heterocycles. The van der Waals surface area contributed by atoms with E-state index in [1.807, 2.05) is 32.0 Å². The van der Waals surface area contributed by atoms with Crippen molar-refractivity contribution in [3.8, 4) is 0 Å². The Morgan fingerprint density at radius 3 is 2.12 bits per heavy atom. The SMILES string of the molecule is Cc1cc(C)cc(N2CC(=O)N(C)CC2=O)c1. The first-order chi connectivity index (χ1) is 7.97. The molecule has 1 aromatic rings. The second-order valence-corrected chi connectivity index (χ2v) is 4.58. The maximum absolute atomic E-state index is 11.9. The Balaban J connectivity index is 2.33. The molecule has 0 N–H and O–H groups in total. The number of likely N-dealkylation sites (N-methyl/N-ethyl adjacent to an activating group) is 1. The molecule has 0 radical (unpaired) electrons. The number of benzene rings is 1. The second-order valence-electron chi connectivity index (χ2n) is 4.58. The highest BCUT2D eigenvalue weighted by molar-refractivity contribution is 6.04. The number of anilines is 1. The van der Waals surface area contributed by atoms with Gasteiger partial charge in [0.15, 0.2) is 0 Å². The quantitative estimate of drug-likeness (QED) is 0.727. The number of carbonyl (C=O) groups is 2. The lowest BCUT2D eigenvalue weighted by Gasteiger charge is -2.32. The highest BCUT2D eigenvalue weighted by Crippen LogP contribution is 2.20. The third kappa shape index (κ3) is 2.30. The minimum absolute atomic E-state index is 0.0243. The monoisotopic (exact) mass is 232 g/mol. The van der Waals surface area contributed by atoms with Crippen LogP contribution in [0.3, 0.4) is 0 Å². The van der Waals surface area contributed by atoms with E-state index in [9.17, 15) is 9.59 Å². The Bertz CT molecular complexity index is 462. The van der Waals surface area contributed by atoms with Gasteiger partial charge in [0.05, 0.1) is 6.54 Å². The number of carbonyl (C=O) groups excluding carboxylic acids is 2. The van der Waals surface area contributed by atoms with E-state index in [2.05, 4.69) is 0 Å². The van der Waals surface area contributed by atoms with E-state index in [1.54, 1.807) is 11.9 Å². The molecule has 2 rings (SSSR count). The van der Waals surface area contributed by atoms with Crippen molar-refractivity contribution in [2.45, 2.75) is 13.8 Å². The minimum atomic E-state index is -0.0305. The average molecular weight is 232 g/mol. The molecule has 0 bridgehead atoms. The molecule has 0 saturated carbocycles. The van der Waals surface area contributed by atoms with Crippen LogP contribution in [0.1, 0.15) is 11.1 Å². The summed E-state index contributed by atoms with van der Waals surface area (Å²) >= 11 is 0. The Labute approximate surface area is 101 Å². The predicted molar refractivity (Wildman–Crippen MR) is 65.9 cm³/mol. The zero-order chi connectivity index (χ0) is 12.6. The first-order valence-corrected chi connectivity index (χ1v) is 5.60. The molecule has 17 heavy (non-hydrogen) atoms. The van der Waals surface area contributed by atoms with E-state index in [4.69, 9.17) is 0 Å². The van der Waals surface area contributed by atoms with Crippen LogP contribution in [0.4, 0.5) is 5.69 Å². The molecule has 0 spiro atoms. The smallest absolute Gasteiger partial charge is 0.247 e. The molecule has 1 aliphatic rings. The molecule has 0 atom stereocenters. The van der Waals surface area contributed by atoms with Gasteiger partial charge in [-0.05, 0) is 37.1 Å². The Hall–Kier alpha value is -1.84. The van der Waals surface area contributed by atoms with Gasteiger partial charge < -0.3 is 9.80 Å². The number of rotatable bonds is 1. The van der Waals surface area contributed by atoms with Gasteiger partial charge >= 0.3 is 0 Å². The van der Waals surface area contributed by atoms with Crippen molar-refractivity contribution in [3.05, 3.63) is 29.3 Å². The lowest BCUT2D eigenvalue weighted by molar-refractivity contribution is -0.136. The Morgan fingerprint density at radius 1 is 0.941 bits per heavy atom. The summed E-state index contributed by atoms with van der Waals surface area (Å²) in [5.41, 5.74) is 3.01. The summed E-state index contributed by atoms with van der Waals surface area (Å²) in [6, 6.07) is 5.92. The molecule has 0 aliphatic carbocycles. The summed E-state index contributed by atoms with van der Waals surface area (Å²) in [7, 11) is 1.65. The van der Waals surface area contributed by atoms with Crippen LogP contribution in [0, 0.1) is 13.8 Å². The van der Waals surface area contributed by atoms with E-state index in [-0.39, 0.29) is 24.9 Å². The maximum atomic E-state index is 11.9. The van der Waals surface area contributed by atoms with Gasteiger partial charge in [-0.1, -0.05) is 6.07 Å². The molecule has 2 amide bonds. The predicted octanol–water partition coefficient (Wildman–Crippen LogP) is 1.11.